The van der Waals surface area contributed by atoms with Gasteiger partial charge < -0.3 is 20.1 Å². The van der Waals surface area contributed by atoms with Gasteiger partial charge in [0.05, 0.1) is 13.2 Å². The van der Waals surface area contributed by atoms with E-state index in [2.05, 4.69) is 67.8 Å². The fraction of sp³-hybridized carbons (Fsp3) is 0.778. The van der Waals surface area contributed by atoms with Crippen molar-refractivity contribution in [1.82, 2.24) is 5.32 Å². The van der Waals surface area contributed by atoms with Gasteiger partial charge in [0.2, 0.25) is 5.91 Å². The number of allylic oxidation sites excluding steroid dienone is 8. The lowest BCUT2D eigenvalue weighted by molar-refractivity contribution is -0.147. The van der Waals surface area contributed by atoms with E-state index < -0.39 is 26.5 Å². The van der Waals surface area contributed by atoms with Crippen LogP contribution in [0.15, 0.2) is 48.6 Å². The number of rotatable bonds is 41. The third-order valence-electron chi connectivity index (χ3n) is 9.23. The molecule has 0 aliphatic heterocycles. The van der Waals surface area contributed by atoms with E-state index in [0.717, 1.165) is 77.0 Å². The SMILES string of the molecule is CCCC/C=C\CCCCCCCC(=O)OCC(O)COP(=O)(O)OCCNC(=O)CCCCCCCCCCCC/C=C\C/C=C\C/C=C\CCCCC. The zero-order chi connectivity index (χ0) is 40.3. The third-order valence-corrected chi connectivity index (χ3v) is 10.2. The molecule has 0 aromatic rings. The van der Waals surface area contributed by atoms with E-state index in [4.69, 9.17) is 13.8 Å². The van der Waals surface area contributed by atoms with Crippen LogP contribution in [0.2, 0.25) is 0 Å². The second-order valence-electron chi connectivity index (χ2n) is 14.7. The lowest BCUT2D eigenvalue weighted by atomic mass is 10.0. The normalized spacial score (nSPS) is 13.7. The minimum absolute atomic E-state index is 0.0774. The Hall–Kier alpha value is -2.03. The molecular formula is C45H82NO8P. The smallest absolute Gasteiger partial charge is 0.463 e. The van der Waals surface area contributed by atoms with Crippen LogP contribution in [0.4, 0.5) is 0 Å². The molecule has 0 aromatic heterocycles. The Morgan fingerprint density at radius 2 is 1.00 bits per heavy atom. The first-order valence-corrected chi connectivity index (χ1v) is 23.6. The maximum Gasteiger partial charge on any atom is 0.472 e. The van der Waals surface area contributed by atoms with Crippen molar-refractivity contribution in [3.05, 3.63) is 48.6 Å². The van der Waals surface area contributed by atoms with Crippen LogP contribution in [0.1, 0.15) is 194 Å². The quantitative estimate of drug-likeness (QED) is 0.0241. The largest absolute Gasteiger partial charge is 0.472 e. The molecule has 10 heteroatoms. The van der Waals surface area contributed by atoms with Crippen LogP contribution in [0, 0.1) is 0 Å². The van der Waals surface area contributed by atoms with E-state index >= 15 is 0 Å². The second-order valence-corrected chi connectivity index (χ2v) is 16.1. The van der Waals surface area contributed by atoms with Gasteiger partial charge in [-0.2, -0.15) is 0 Å². The molecule has 0 rings (SSSR count). The first-order valence-electron chi connectivity index (χ1n) is 22.1. The van der Waals surface area contributed by atoms with Gasteiger partial charge in [-0.25, -0.2) is 4.57 Å². The van der Waals surface area contributed by atoms with Crippen LogP contribution < -0.4 is 5.32 Å². The van der Waals surface area contributed by atoms with Crippen molar-refractivity contribution in [2.45, 2.75) is 200 Å². The summed E-state index contributed by atoms with van der Waals surface area (Å²) in [4.78, 5) is 33.9. The van der Waals surface area contributed by atoms with Crippen molar-refractivity contribution in [3.8, 4) is 0 Å². The van der Waals surface area contributed by atoms with Gasteiger partial charge in [-0.1, -0.05) is 159 Å². The molecule has 0 aromatic carbocycles. The Kier molecular flexibility index (Phi) is 40.1. The van der Waals surface area contributed by atoms with Crippen LogP contribution in [0.3, 0.4) is 0 Å². The summed E-state index contributed by atoms with van der Waals surface area (Å²) in [5.74, 6) is -0.531. The number of carbonyl (C=O) groups is 2. The molecule has 0 heterocycles. The lowest BCUT2D eigenvalue weighted by Gasteiger charge is -2.15. The average Bonchev–Trinajstić information content (AvgIpc) is 3.17. The number of aliphatic hydroxyl groups is 1. The van der Waals surface area contributed by atoms with Crippen LogP contribution in [0.25, 0.3) is 0 Å². The number of nitrogens with one attached hydrogen (secondary N) is 1. The topological polar surface area (TPSA) is 131 Å². The van der Waals surface area contributed by atoms with Crippen molar-refractivity contribution in [2.75, 3.05) is 26.4 Å². The Morgan fingerprint density at radius 3 is 1.55 bits per heavy atom. The summed E-state index contributed by atoms with van der Waals surface area (Å²) in [6.45, 7) is 3.47. The minimum atomic E-state index is -4.42. The Morgan fingerprint density at radius 1 is 0.564 bits per heavy atom. The van der Waals surface area contributed by atoms with Gasteiger partial charge in [0, 0.05) is 19.4 Å². The number of unbranched alkanes of at least 4 members (excludes halogenated alkanes) is 20. The molecule has 0 aliphatic rings. The molecule has 0 aliphatic carbocycles. The van der Waals surface area contributed by atoms with Gasteiger partial charge >= 0.3 is 13.8 Å². The van der Waals surface area contributed by atoms with Crippen molar-refractivity contribution >= 4 is 19.7 Å². The summed E-state index contributed by atoms with van der Waals surface area (Å²) in [5.41, 5.74) is 0. The molecular weight excluding hydrogens is 713 g/mol. The number of esters is 1. The van der Waals surface area contributed by atoms with Crippen molar-refractivity contribution < 1.29 is 37.9 Å². The van der Waals surface area contributed by atoms with Gasteiger partial charge in [0.1, 0.15) is 12.7 Å². The number of phosphoric ester groups is 1. The van der Waals surface area contributed by atoms with Crippen LogP contribution in [-0.4, -0.2) is 54.3 Å². The minimum Gasteiger partial charge on any atom is -0.463 e. The Balaban J connectivity index is 3.58. The number of hydrogen-bond donors (Lipinski definition) is 3. The molecule has 0 fully saturated rings. The number of hydrogen-bond acceptors (Lipinski definition) is 7. The summed E-state index contributed by atoms with van der Waals surface area (Å²) in [7, 11) is -4.42. The number of phosphoric acid groups is 1. The van der Waals surface area contributed by atoms with Crippen LogP contribution in [0.5, 0.6) is 0 Å². The fourth-order valence-electron chi connectivity index (χ4n) is 5.84. The number of ether oxygens (including phenoxy) is 1. The predicted octanol–water partition coefficient (Wildman–Crippen LogP) is 12.3. The molecule has 55 heavy (non-hydrogen) atoms. The highest BCUT2D eigenvalue weighted by Crippen LogP contribution is 2.42. The van der Waals surface area contributed by atoms with E-state index in [1.165, 1.54) is 89.9 Å². The van der Waals surface area contributed by atoms with Gasteiger partial charge in [0.15, 0.2) is 0 Å². The molecule has 2 unspecified atom stereocenters. The van der Waals surface area contributed by atoms with Crippen LogP contribution in [-0.2, 0) is 27.9 Å². The van der Waals surface area contributed by atoms with E-state index in [1.54, 1.807) is 0 Å². The highest BCUT2D eigenvalue weighted by molar-refractivity contribution is 7.47. The van der Waals surface area contributed by atoms with Crippen LogP contribution >= 0.6 is 7.82 Å². The maximum absolute atomic E-state index is 12.1. The summed E-state index contributed by atoms with van der Waals surface area (Å²) in [6.07, 6.45) is 47.6. The summed E-state index contributed by atoms with van der Waals surface area (Å²) >= 11 is 0. The number of aliphatic hydroxyl groups excluding tert-OH is 1. The van der Waals surface area contributed by atoms with Gasteiger partial charge in [-0.05, 0) is 70.6 Å². The Bertz CT molecular complexity index is 1040. The highest BCUT2D eigenvalue weighted by Gasteiger charge is 2.23. The highest BCUT2D eigenvalue weighted by atomic mass is 31.2. The molecule has 2 atom stereocenters. The molecule has 1 amide bonds. The molecule has 0 radical (unpaired) electrons. The lowest BCUT2D eigenvalue weighted by Crippen LogP contribution is -2.27. The summed E-state index contributed by atoms with van der Waals surface area (Å²) in [6, 6.07) is 0. The van der Waals surface area contributed by atoms with Gasteiger partial charge in [0.25, 0.3) is 0 Å². The standard InChI is InChI=1S/C45H82NO8P/c1-3-5-7-9-11-13-15-16-17-18-19-20-21-22-23-24-25-26-28-29-31-33-35-37-44(48)46-39-40-53-55(50,51)54-42-43(47)41-52-45(49)38-36-34-32-30-27-14-12-10-8-6-4-2/h10-13,16-17,19-20,43,47H,3-9,14-15,18,21-42H2,1-2H3,(H,46,48)(H,50,51)/b12-10-,13-11-,17-16-,20-19-. The summed E-state index contributed by atoms with van der Waals surface area (Å²) in [5, 5.41) is 12.7. The molecule has 320 valence electrons. The fourth-order valence-corrected chi connectivity index (χ4v) is 6.60. The van der Waals surface area contributed by atoms with E-state index in [-0.39, 0.29) is 32.1 Å². The van der Waals surface area contributed by atoms with E-state index in [1.807, 2.05) is 0 Å². The van der Waals surface area contributed by atoms with Gasteiger partial charge in [-0.15, -0.1) is 0 Å². The molecule has 9 nitrogen and oxygen atoms in total. The molecule has 0 bridgehead atoms. The molecule has 0 spiro atoms. The number of carbonyl (C=O) groups excluding carboxylic acids is 2. The van der Waals surface area contributed by atoms with Crippen molar-refractivity contribution in [3.63, 3.8) is 0 Å². The van der Waals surface area contributed by atoms with E-state index in [9.17, 15) is 24.2 Å². The third kappa shape index (κ3) is 42.9. The monoisotopic (exact) mass is 796 g/mol. The second kappa shape index (κ2) is 41.6. The van der Waals surface area contributed by atoms with Crippen molar-refractivity contribution in [1.29, 1.82) is 0 Å². The number of amides is 1. The van der Waals surface area contributed by atoms with Gasteiger partial charge in [-0.3, -0.25) is 18.6 Å². The molecule has 0 saturated carbocycles. The van der Waals surface area contributed by atoms with E-state index in [0.29, 0.717) is 6.42 Å². The average molecular weight is 796 g/mol. The summed E-state index contributed by atoms with van der Waals surface area (Å²) < 4.78 is 26.8. The first-order chi connectivity index (χ1) is 26.8. The van der Waals surface area contributed by atoms with Crippen molar-refractivity contribution in [2.24, 2.45) is 0 Å². The zero-order valence-electron chi connectivity index (χ0n) is 35.1. The molecule has 0 saturated heterocycles. The first kappa shape index (κ1) is 53.0. The maximum atomic E-state index is 12.1. The Labute approximate surface area is 336 Å². The molecule has 3 N–H and O–H groups in total. The predicted molar refractivity (Wildman–Crippen MR) is 229 cm³/mol. The zero-order valence-corrected chi connectivity index (χ0v) is 36.0.